The summed E-state index contributed by atoms with van der Waals surface area (Å²) in [4.78, 5) is 10.9. The Morgan fingerprint density at radius 2 is 1.55 bits per heavy atom. The van der Waals surface area contributed by atoms with Crippen LogP contribution in [-0.2, 0) is 9.47 Å². The summed E-state index contributed by atoms with van der Waals surface area (Å²) in [7, 11) is 0. The smallest absolute Gasteiger partial charge is 0.335 e. The Hall–Kier alpha value is -2.37. The van der Waals surface area contributed by atoms with Gasteiger partial charge in [-0.2, -0.15) is 0 Å². The molecule has 1 aliphatic heterocycles. The van der Waals surface area contributed by atoms with Gasteiger partial charge in [0.05, 0.1) is 31.0 Å². The molecule has 156 valence electrons. The van der Waals surface area contributed by atoms with Gasteiger partial charge in [-0.25, -0.2) is 4.79 Å². The average Bonchev–Trinajstić information content (AvgIpc) is 2.72. The predicted octanol–water partition coefficient (Wildman–Crippen LogP) is 5.19. The lowest BCUT2D eigenvalue weighted by atomic mass is 9.99. The second-order valence-corrected chi connectivity index (χ2v) is 7.77. The molecule has 1 heterocycles. The highest BCUT2D eigenvalue weighted by molar-refractivity contribution is 5.88. The van der Waals surface area contributed by atoms with E-state index in [9.17, 15) is 4.79 Å². The lowest BCUT2D eigenvalue weighted by molar-refractivity contribution is -0.169. The van der Waals surface area contributed by atoms with Crippen LogP contribution in [0.2, 0.25) is 0 Å². The van der Waals surface area contributed by atoms with Crippen molar-refractivity contribution in [1.82, 2.24) is 0 Å². The molecular formula is C24H30O5. The minimum atomic E-state index is -0.912. The highest BCUT2D eigenvalue weighted by atomic mass is 16.6. The van der Waals surface area contributed by atoms with Gasteiger partial charge < -0.3 is 19.3 Å². The second-order valence-electron chi connectivity index (χ2n) is 7.77. The lowest BCUT2D eigenvalue weighted by Gasteiger charge is -2.38. The SMILES string of the molecule is CC1(COCCCCCCOc2ccc(-c3ccc(C(=O)O)cc3)cc2)CCO1. The van der Waals surface area contributed by atoms with Crippen molar-refractivity contribution in [2.45, 2.75) is 44.6 Å². The fraction of sp³-hybridized carbons (Fsp3) is 0.458. The molecule has 0 amide bonds. The van der Waals surface area contributed by atoms with Crippen molar-refractivity contribution < 1.29 is 24.1 Å². The Bertz CT molecular complexity index is 763. The first-order chi connectivity index (χ1) is 14.1. The number of carboxylic acid groups (broad SMARTS) is 1. The van der Waals surface area contributed by atoms with Gasteiger partial charge in [-0.05, 0) is 61.6 Å². The van der Waals surface area contributed by atoms with Crippen LogP contribution in [0.15, 0.2) is 48.5 Å². The van der Waals surface area contributed by atoms with E-state index in [1.807, 2.05) is 36.4 Å². The van der Waals surface area contributed by atoms with Crippen LogP contribution in [0.3, 0.4) is 0 Å². The maximum Gasteiger partial charge on any atom is 0.335 e. The van der Waals surface area contributed by atoms with Crippen molar-refractivity contribution in [1.29, 1.82) is 0 Å². The maximum atomic E-state index is 10.9. The summed E-state index contributed by atoms with van der Waals surface area (Å²) in [5, 5.41) is 8.97. The van der Waals surface area contributed by atoms with Crippen molar-refractivity contribution in [3.63, 3.8) is 0 Å². The third kappa shape index (κ3) is 6.58. The maximum absolute atomic E-state index is 10.9. The van der Waals surface area contributed by atoms with Crippen LogP contribution in [-0.4, -0.2) is 43.1 Å². The van der Waals surface area contributed by atoms with Crippen molar-refractivity contribution >= 4 is 5.97 Å². The number of hydrogen-bond acceptors (Lipinski definition) is 4. The highest BCUT2D eigenvalue weighted by Crippen LogP contribution is 2.26. The van der Waals surface area contributed by atoms with Crippen LogP contribution >= 0.6 is 0 Å². The van der Waals surface area contributed by atoms with Crippen LogP contribution < -0.4 is 4.74 Å². The summed E-state index contributed by atoms with van der Waals surface area (Å²) in [6.07, 6.45) is 5.48. The van der Waals surface area contributed by atoms with Crippen LogP contribution in [0, 0.1) is 0 Å². The summed E-state index contributed by atoms with van der Waals surface area (Å²) >= 11 is 0. The Morgan fingerprint density at radius 1 is 0.966 bits per heavy atom. The zero-order chi connectivity index (χ0) is 20.5. The molecule has 5 heteroatoms. The first kappa shape index (κ1) is 21.3. The molecule has 1 N–H and O–H groups in total. The molecule has 0 spiro atoms. The van der Waals surface area contributed by atoms with Crippen molar-refractivity contribution in [3.05, 3.63) is 54.1 Å². The molecule has 2 aromatic carbocycles. The van der Waals surface area contributed by atoms with E-state index >= 15 is 0 Å². The standard InChI is InChI=1S/C24H30O5/c1-24(14-17-29-24)18-27-15-4-2-3-5-16-28-22-12-10-20(11-13-22)19-6-8-21(9-7-19)23(25)26/h6-13H,2-5,14-18H2,1H3,(H,25,26). The summed E-state index contributed by atoms with van der Waals surface area (Å²) in [5.74, 6) is -0.0570. The van der Waals surface area contributed by atoms with Gasteiger partial charge in [-0.15, -0.1) is 0 Å². The van der Waals surface area contributed by atoms with Gasteiger partial charge >= 0.3 is 5.97 Å². The van der Waals surface area contributed by atoms with E-state index in [0.29, 0.717) is 18.8 Å². The molecule has 0 radical (unpaired) electrons. The summed E-state index contributed by atoms with van der Waals surface area (Å²) < 4.78 is 17.0. The van der Waals surface area contributed by atoms with Gasteiger partial charge in [0.1, 0.15) is 5.75 Å². The van der Waals surface area contributed by atoms with Gasteiger partial charge in [0, 0.05) is 13.0 Å². The molecule has 1 saturated heterocycles. The van der Waals surface area contributed by atoms with E-state index < -0.39 is 5.97 Å². The molecule has 1 atom stereocenters. The van der Waals surface area contributed by atoms with E-state index in [0.717, 1.165) is 62.2 Å². The number of aromatic carboxylic acids is 1. The molecule has 1 fully saturated rings. The van der Waals surface area contributed by atoms with E-state index in [1.165, 1.54) is 0 Å². The van der Waals surface area contributed by atoms with Crippen molar-refractivity contribution in [2.75, 3.05) is 26.4 Å². The second kappa shape index (κ2) is 10.4. The number of unbranched alkanes of at least 4 members (excludes halogenated alkanes) is 3. The molecular weight excluding hydrogens is 368 g/mol. The molecule has 0 saturated carbocycles. The number of ether oxygens (including phenoxy) is 3. The monoisotopic (exact) mass is 398 g/mol. The zero-order valence-electron chi connectivity index (χ0n) is 17.1. The zero-order valence-corrected chi connectivity index (χ0v) is 17.1. The minimum absolute atomic E-state index is 0.0364. The van der Waals surface area contributed by atoms with Gasteiger partial charge in [-0.3, -0.25) is 0 Å². The molecule has 3 rings (SSSR count). The quantitative estimate of drug-likeness (QED) is 0.499. The molecule has 1 aliphatic rings. The summed E-state index contributed by atoms with van der Waals surface area (Å²) in [5.41, 5.74) is 2.28. The number of carboxylic acids is 1. The first-order valence-corrected chi connectivity index (χ1v) is 10.3. The molecule has 29 heavy (non-hydrogen) atoms. The molecule has 0 aromatic heterocycles. The predicted molar refractivity (Wildman–Crippen MR) is 113 cm³/mol. The van der Waals surface area contributed by atoms with E-state index in [4.69, 9.17) is 19.3 Å². The summed E-state index contributed by atoms with van der Waals surface area (Å²) in [6, 6.07) is 14.8. The Kier molecular flexibility index (Phi) is 7.67. The minimum Gasteiger partial charge on any atom is -0.494 e. The van der Waals surface area contributed by atoms with Gasteiger partial charge in [-0.1, -0.05) is 30.7 Å². The third-order valence-corrected chi connectivity index (χ3v) is 5.26. The average molecular weight is 398 g/mol. The number of benzene rings is 2. The van der Waals surface area contributed by atoms with Crippen LogP contribution in [0.5, 0.6) is 5.75 Å². The van der Waals surface area contributed by atoms with Crippen LogP contribution in [0.1, 0.15) is 49.4 Å². The van der Waals surface area contributed by atoms with Gasteiger partial charge in [0.2, 0.25) is 0 Å². The lowest BCUT2D eigenvalue weighted by Crippen LogP contribution is -2.44. The fourth-order valence-corrected chi connectivity index (χ4v) is 3.25. The number of rotatable bonds is 12. The Balaban J connectivity index is 1.27. The van der Waals surface area contributed by atoms with Gasteiger partial charge in [0.25, 0.3) is 0 Å². The number of hydrogen-bond donors (Lipinski definition) is 1. The van der Waals surface area contributed by atoms with Crippen LogP contribution in [0.4, 0.5) is 0 Å². The molecule has 5 nitrogen and oxygen atoms in total. The third-order valence-electron chi connectivity index (χ3n) is 5.26. The largest absolute Gasteiger partial charge is 0.494 e. The van der Waals surface area contributed by atoms with E-state index in [1.54, 1.807) is 12.1 Å². The van der Waals surface area contributed by atoms with E-state index in [2.05, 4.69) is 6.92 Å². The topological polar surface area (TPSA) is 65.0 Å². The van der Waals surface area contributed by atoms with Gasteiger partial charge in [0.15, 0.2) is 0 Å². The molecule has 0 bridgehead atoms. The summed E-state index contributed by atoms with van der Waals surface area (Å²) in [6.45, 7) is 5.18. The normalized spacial score (nSPS) is 18.2. The fourth-order valence-electron chi connectivity index (χ4n) is 3.25. The van der Waals surface area contributed by atoms with E-state index in [-0.39, 0.29) is 5.60 Å². The Morgan fingerprint density at radius 3 is 2.10 bits per heavy atom. The van der Waals surface area contributed by atoms with Crippen molar-refractivity contribution in [3.8, 4) is 16.9 Å². The molecule has 2 aromatic rings. The Labute approximate surface area is 172 Å². The first-order valence-electron chi connectivity index (χ1n) is 10.3. The van der Waals surface area contributed by atoms with Crippen LogP contribution in [0.25, 0.3) is 11.1 Å². The molecule has 0 aliphatic carbocycles. The highest BCUT2D eigenvalue weighted by Gasteiger charge is 2.33. The number of carbonyl (C=O) groups is 1. The molecule has 1 unspecified atom stereocenters. The van der Waals surface area contributed by atoms with Crippen molar-refractivity contribution in [2.24, 2.45) is 0 Å².